The number of hydrogen-bond acceptors (Lipinski definition) is 3. The summed E-state index contributed by atoms with van der Waals surface area (Å²) < 4.78 is 4.13. The van der Waals surface area contributed by atoms with Gasteiger partial charge in [0.15, 0.2) is 5.65 Å². The van der Waals surface area contributed by atoms with Gasteiger partial charge in [-0.3, -0.25) is 4.68 Å². The van der Waals surface area contributed by atoms with Gasteiger partial charge in [0.05, 0.1) is 11.6 Å². The molecule has 2 heterocycles. The average Bonchev–Trinajstić information content (AvgIpc) is 2.85. The second-order valence-electron chi connectivity index (χ2n) is 5.35. The van der Waals surface area contributed by atoms with Gasteiger partial charge in [-0.25, -0.2) is 4.98 Å². The van der Waals surface area contributed by atoms with Gasteiger partial charge in [-0.1, -0.05) is 0 Å². The molecule has 0 saturated heterocycles. The summed E-state index contributed by atoms with van der Waals surface area (Å²) in [5.74, 6) is 1.36. The van der Waals surface area contributed by atoms with Crippen molar-refractivity contribution in [3.8, 4) is 0 Å². The Labute approximate surface area is 119 Å². The Morgan fingerprint density at radius 1 is 1.37 bits per heavy atom. The molecule has 19 heavy (non-hydrogen) atoms. The Morgan fingerprint density at radius 3 is 2.63 bits per heavy atom. The van der Waals surface area contributed by atoms with E-state index in [9.17, 15) is 0 Å². The molecule has 2 aromatic rings. The molecule has 0 saturated carbocycles. The molecule has 106 valence electrons. The van der Waals surface area contributed by atoms with Crippen molar-refractivity contribution in [1.29, 1.82) is 0 Å². The third-order valence-corrected chi connectivity index (χ3v) is 3.70. The van der Waals surface area contributed by atoms with Crippen molar-refractivity contribution >= 4 is 22.8 Å². The molecule has 5 nitrogen and oxygen atoms in total. The average molecular weight is 284 g/mol. The van der Waals surface area contributed by atoms with Gasteiger partial charge in [-0.05, 0) is 40.9 Å². The second-order valence-corrected chi connectivity index (χ2v) is 5.62. The molecule has 0 amide bonds. The van der Waals surface area contributed by atoms with Gasteiger partial charge < -0.3 is 9.47 Å². The highest BCUT2D eigenvalue weighted by molar-refractivity contribution is 6.16. The second kappa shape index (κ2) is 5.51. The van der Waals surface area contributed by atoms with Crippen molar-refractivity contribution in [2.45, 2.75) is 32.2 Å². The molecular formula is C13H22ClN5. The van der Waals surface area contributed by atoms with Crippen LogP contribution >= 0.6 is 11.6 Å². The lowest BCUT2D eigenvalue weighted by Gasteiger charge is -2.19. The van der Waals surface area contributed by atoms with Crippen LogP contribution in [0.1, 0.15) is 30.9 Å². The van der Waals surface area contributed by atoms with Crippen LogP contribution < -0.4 is 0 Å². The SMILES string of the molecule is Cc1nn(C)c2c1nc(CCl)n2C(C)CCN(C)C. The topological polar surface area (TPSA) is 38.9 Å². The van der Waals surface area contributed by atoms with Gasteiger partial charge >= 0.3 is 0 Å². The molecule has 1 unspecified atom stereocenters. The quantitative estimate of drug-likeness (QED) is 0.791. The van der Waals surface area contributed by atoms with E-state index in [0.717, 1.165) is 35.6 Å². The summed E-state index contributed by atoms with van der Waals surface area (Å²) in [5, 5.41) is 4.44. The third kappa shape index (κ3) is 2.62. The van der Waals surface area contributed by atoms with Gasteiger partial charge in [-0.15, -0.1) is 11.6 Å². The minimum Gasteiger partial charge on any atom is -0.309 e. The fourth-order valence-corrected chi connectivity index (χ4v) is 2.66. The molecule has 0 aliphatic carbocycles. The number of fused-ring (bicyclic) bond motifs is 1. The Hall–Kier alpha value is -1.07. The molecule has 0 radical (unpaired) electrons. The molecule has 1 atom stereocenters. The van der Waals surface area contributed by atoms with E-state index in [4.69, 9.17) is 11.6 Å². The van der Waals surface area contributed by atoms with Crippen LogP contribution in [0.2, 0.25) is 0 Å². The van der Waals surface area contributed by atoms with E-state index in [1.54, 1.807) is 0 Å². The molecule has 0 spiro atoms. The Morgan fingerprint density at radius 2 is 2.05 bits per heavy atom. The van der Waals surface area contributed by atoms with E-state index in [2.05, 4.69) is 40.6 Å². The first-order valence-electron chi connectivity index (χ1n) is 6.56. The van der Waals surface area contributed by atoms with Crippen LogP contribution in [0.25, 0.3) is 11.2 Å². The highest BCUT2D eigenvalue weighted by Crippen LogP contribution is 2.25. The first kappa shape index (κ1) is 14.3. The number of imidazole rings is 1. The van der Waals surface area contributed by atoms with Gasteiger partial charge in [0.1, 0.15) is 11.3 Å². The summed E-state index contributed by atoms with van der Waals surface area (Å²) in [5.41, 5.74) is 3.00. The summed E-state index contributed by atoms with van der Waals surface area (Å²) >= 11 is 6.05. The van der Waals surface area contributed by atoms with E-state index < -0.39 is 0 Å². The van der Waals surface area contributed by atoms with Crippen LogP contribution in [-0.4, -0.2) is 44.9 Å². The molecule has 0 N–H and O–H groups in total. The summed E-state index contributed by atoms with van der Waals surface area (Å²) in [7, 11) is 6.14. The predicted octanol–water partition coefficient (Wildman–Crippen LogP) is 2.33. The fourth-order valence-electron chi connectivity index (χ4n) is 2.47. The maximum absolute atomic E-state index is 6.05. The summed E-state index contributed by atoms with van der Waals surface area (Å²) in [6, 6.07) is 0.357. The lowest BCUT2D eigenvalue weighted by molar-refractivity contribution is 0.357. The van der Waals surface area contributed by atoms with E-state index in [0.29, 0.717) is 11.9 Å². The van der Waals surface area contributed by atoms with E-state index in [1.807, 2.05) is 18.7 Å². The third-order valence-electron chi connectivity index (χ3n) is 3.46. The molecule has 0 fully saturated rings. The van der Waals surface area contributed by atoms with Crippen LogP contribution in [0.15, 0.2) is 0 Å². The zero-order valence-electron chi connectivity index (χ0n) is 12.3. The molecule has 0 bridgehead atoms. The zero-order valence-corrected chi connectivity index (χ0v) is 13.1. The van der Waals surface area contributed by atoms with Crippen molar-refractivity contribution in [2.24, 2.45) is 7.05 Å². The number of aryl methyl sites for hydroxylation is 2. The van der Waals surface area contributed by atoms with Gasteiger partial charge in [0, 0.05) is 13.1 Å². The molecular weight excluding hydrogens is 262 g/mol. The van der Waals surface area contributed by atoms with Gasteiger partial charge in [0.25, 0.3) is 0 Å². The van der Waals surface area contributed by atoms with Crippen molar-refractivity contribution in [2.75, 3.05) is 20.6 Å². The van der Waals surface area contributed by atoms with Crippen LogP contribution in [0, 0.1) is 6.92 Å². The first-order valence-corrected chi connectivity index (χ1v) is 7.10. The number of alkyl halides is 1. The van der Waals surface area contributed by atoms with Crippen molar-refractivity contribution in [3.05, 3.63) is 11.5 Å². The number of nitrogens with zero attached hydrogens (tertiary/aromatic N) is 5. The van der Waals surface area contributed by atoms with E-state index in [-0.39, 0.29) is 0 Å². The zero-order chi connectivity index (χ0) is 14.2. The van der Waals surface area contributed by atoms with Crippen LogP contribution in [-0.2, 0) is 12.9 Å². The maximum Gasteiger partial charge on any atom is 0.158 e. The maximum atomic E-state index is 6.05. The standard InChI is InChI=1S/C13H22ClN5/c1-9(6-7-17(3)4)19-11(8-14)15-12-10(2)16-18(5)13(12)19/h9H,6-8H2,1-5H3. The molecule has 2 rings (SSSR count). The Kier molecular flexibility index (Phi) is 4.16. The number of halogens is 1. The largest absolute Gasteiger partial charge is 0.309 e. The minimum atomic E-state index is 0.357. The lowest BCUT2D eigenvalue weighted by Crippen LogP contribution is -2.19. The van der Waals surface area contributed by atoms with Crippen LogP contribution in [0.3, 0.4) is 0 Å². The monoisotopic (exact) mass is 283 g/mol. The summed E-state index contributed by atoms with van der Waals surface area (Å²) in [6.45, 7) is 5.24. The van der Waals surface area contributed by atoms with Crippen LogP contribution in [0.5, 0.6) is 0 Å². The highest BCUT2D eigenvalue weighted by atomic mass is 35.5. The van der Waals surface area contributed by atoms with Gasteiger partial charge in [-0.2, -0.15) is 5.10 Å². The van der Waals surface area contributed by atoms with Crippen molar-refractivity contribution in [3.63, 3.8) is 0 Å². The fraction of sp³-hybridized carbons (Fsp3) is 0.692. The molecule has 0 aromatic carbocycles. The van der Waals surface area contributed by atoms with E-state index >= 15 is 0 Å². The number of aromatic nitrogens is 4. The van der Waals surface area contributed by atoms with Gasteiger partial charge in [0.2, 0.25) is 0 Å². The van der Waals surface area contributed by atoms with Crippen LogP contribution in [0.4, 0.5) is 0 Å². The van der Waals surface area contributed by atoms with E-state index in [1.165, 1.54) is 0 Å². The van der Waals surface area contributed by atoms with Crippen molar-refractivity contribution < 1.29 is 0 Å². The first-order chi connectivity index (χ1) is 8.95. The summed E-state index contributed by atoms with van der Waals surface area (Å²) in [6.07, 6.45) is 1.06. The molecule has 0 aliphatic heterocycles. The summed E-state index contributed by atoms with van der Waals surface area (Å²) in [4.78, 5) is 6.83. The number of rotatable bonds is 5. The minimum absolute atomic E-state index is 0.357. The molecule has 6 heteroatoms. The number of hydrogen-bond donors (Lipinski definition) is 0. The molecule has 0 aliphatic rings. The lowest BCUT2D eigenvalue weighted by atomic mass is 10.2. The smallest absolute Gasteiger partial charge is 0.158 e. The molecule has 2 aromatic heterocycles. The Bertz CT molecular complexity index is 569. The predicted molar refractivity (Wildman–Crippen MR) is 78.7 cm³/mol. The Balaban J connectivity index is 2.44. The normalized spacial score (nSPS) is 13.6. The highest BCUT2D eigenvalue weighted by Gasteiger charge is 2.20. The van der Waals surface area contributed by atoms with Crippen molar-refractivity contribution in [1.82, 2.24) is 24.2 Å².